The Balaban J connectivity index is 1.77. The van der Waals surface area contributed by atoms with Crippen molar-refractivity contribution in [3.63, 3.8) is 0 Å². The van der Waals surface area contributed by atoms with E-state index >= 15 is 0 Å². The Morgan fingerprint density at radius 1 is 1.28 bits per heavy atom. The summed E-state index contributed by atoms with van der Waals surface area (Å²) in [6.07, 6.45) is 7.68. The van der Waals surface area contributed by atoms with Crippen LogP contribution < -0.4 is 4.74 Å². The molecule has 0 aromatic heterocycles. The molecule has 1 fully saturated rings. The molecule has 2 rings (SSSR count). The lowest BCUT2D eigenvalue weighted by Gasteiger charge is -2.21. The molecule has 1 aliphatic rings. The first-order valence-electron chi connectivity index (χ1n) is 7.16. The average molecular weight is 248 g/mol. The van der Waals surface area contributed by atoms with Crippen molar-refractivity contribution in [2.24, 2.45) is 5.92 Å². The number of benzene rings is 1. The van der Waals surface area contributed by atoms with E-state index in [4.69, 9.17) is 4.74 Å². The molecular formula is C16H24O2. The van der Waals surface area contributed by atoms with Crippen LogP contribution in [0.4, 0.5) is 0 Å². The van der Waals surface area contributed by atoms with Crippen LogP contribution in [-0.4, -0.2) is 11.7 Å². The van der Waals surface area contributed by atoms with Crippen molar-refractivity contribution in [3.05, 3.63) is 29.8 Å². The van der Waals surface area contributed by atoms with Gasteiger partial charge in [0.1, 0.15) is 5.75 Å². The lowest BCUT2D eigenvalue weighted by Crippen LogP contribution is -2.10. The van der Waals surface area contributed by atoms with E-state index < -0.39 is 6.10 Å². The van der Waals surface area contributed by atoms with E-state index in [1.807, 2.05) is 24.3 Å². The lowest BCUT2D eigenvalue weighted by atomic mass is 9.87. The van der Waals surface area contributed by atoms with Crippen molar-refractivity contribution < 1.29 is 9.84 Å². The van der Waals surface area contributed by atoms with Gasteiger partial charge in [0.15, 0.2) is 0 Å². The zero-order valence-corrected chi connectivity index (χ0v) is 11.3. The number of aliphatic hydroxyl groups is 1. The van der Waals surface area contributed by atoms with Crippen molar-refractivity contribution in [2.45, 2.75) is 51.6 Å². The SMILES string of the molecule is CC(O)c1cccc(OCCC2CCCCC2)c1. The Hall–Kier alpha value is -1.02. The second kappa shape index (κ2) is 6.79. The molecule has 2 heteroatoms. The minimum Gasteiger partial charge on any atom is -0.494 e. The van der Waals surface area contributed by atoms with Gasteiger partial charge in [0.25, 0.3) is 0 Å². The van der Waals surface area contributed by atoms with Gasteiger partial charge in [0.2, 0.25) is 0 Å². The summed E-state index contributed by atoms with van der Waals surface area (Å²) in [6, 6.07) is 7.77. The van der Waals surface area contributed by atoms with E-state index in [9.17, 15) is 5.11 Å². The second-order valence-corrected chi connectivity index (χ2v) is 5.39. The molecule has 0 radical (unpaired) electrons. The topological polar surface area (TPSA) is 29.5 Å². The monoisotopic (exact) mass is 248 g/mol. The quantitative estimate of drug-likeness (QED) is 0.850. The van der Waals surface area contributed by atoms with E-state index in [1.165, 1.54) is 38.5 Å². The van der Waals surface area contributed by atoms with Crippen LogP contribution in [-0.2, 0) is 0 Å². The first-order valence-corrected chi connectivity index (χ1v) is 7.16. The van der Waals surface area contributed by atoms with Gasteiger partial charge in [-0.15, -0.1) is 0 Å². The summed E-state index contributed by atoms with van der Waals surface area (Å²) in [5, 5.41) is 9.52. The van der Waals surface area contributed by atoms with Crippen molar-refractivity contribution in [3.8, 4) is 5.75 Å². The molecule has 1 aromatic carbocycles. The molecule has 1 unspecified atom stereocenters. The van der Waals surface area contributed by atoms with Gasteiger partial charge in [0, 0.05) is 0 Å². The third-order valence-corrected chi connectivity index (χ3v) is 3.86. The molecule has 0 amide bonds. The third kappa shape index (κ3) is 4.02. The fourth-order valence-corrected chi connectivity index (χ4v) is 2.68. The predicted octanol–water partition coefficient (Wildman–Crippen LogP) is 4.09. The molecule has 1 aliphatic carbocycles. The van der Waals surface area contributed by atoms with Gasteiger partial charge in [0.05, 0.1) is 12.7 Å². The summed E-state index contributed by atoms with van der Waals surface area (Å²) < 4.78 is 5.79. The summed E-state index contributed by atoms with van der Waals surface area (Å²) >= 11 is 0. The highest BCUT2D eigenvalue weighted by Crippen LogP contribution is 2.26. The summed E-state index contributed by atoms with van der Waals surface area (Å²) in [5.41, 5.74) is 0.921. The molecule has 1 aromatic rings. The Bertz CT molecular complexity index is 354. The van der Waals surface area contributed by atoms with Crippen LogP contribution in [0.15, 0.2) is 24.3 Å². The van der Waals surface area contributed by atoms with Crippen LogP contribution in [0.25, 0.3) is 0 Å². The maximum absolute atomic E-state index is 9.52. The molecule has 1 N–H and O–H groups in total. The van der Waals surface area contributed by atoms with Crippen molar-refractivity contribution >= 4 is 0 Å². The van der Waals surface area contributed by atoms with Crippen molar-refractivity contribution in [1.29, 1.82) is 0 Å². The van der Waals surface area contributed by atoms with Gasteiger partial charge in [-0.1, -0.05) is 44.2 Å². The van der Waals surface area contributed by atoms with Crippen LogP contribution in [0.5, 0.6) is 5.75 Å². The molecule has 0 spiro atoms. The number of aliphatic hydroxyl groups excluding tert-OH is 1. The maximum atomic E-state index is 9.52. The standard InChI is InChI=1S/C16H24O2/c1-13(17)15-8-5-9-16(12-15)18-11-10-14-6-3-2-4-7-14/h5,8-9,12-14,17H,2-4,6-7,10-11H2,1H3. The first kappa shape index (κ1) is 13.4. The van der Waals surface area contributed by atoms with Gasteiger partial charge < -0.3 is 9.84 Å². The van der Waals surface area contributed by atoms with E-state index in [-0.39, 0.29) is 0 Å². The first-order chi connectivity index (χ1) is 8.75. The molecule has 2 nitrogen and oxygen atoms in total. The van der Waals surface area contributed by atoms with Gasteiger partial charge in [-0.3, -0.25) is 0 Å². The minimum atomic E-state index is -0.424. The van der Waals surface area contributed by atoms with Gasteiger partial charge in [-0.25, -0.2) is 0 Å². The van der Waals surface area contributed by atoms with Crippen molar-refractivity contribution in [1.82, 2.24) is 0 Å². The molecule has 0 saturated heterocycles. The molecular weight excluding hydrogens is 224 g/mol. The Morgan fingerprint density at radius 2 is 2.06 bits per heavy atom. The molecule has 1 atom stereocenters. The normalized spacial score (nSPS) is 18.6. The van der Waals surface area contributed by atoms with Gasteiger partial charge in [-0.2, -0.15) is 0 Å². The Labute approximate surface area is 110 Å². The zero-order chi connectivity index (χ0) is 12.8. The Morgan fingerprint density at radius 3 is 2.78 bits per heavy atom. The van der Waals surface area contributed by atoms with E-state index in [0.717, 1.165) is 23.8 Å². The highest BCUT2D eigenvalue weighted by Gasteiger charge is 2.13. The molecule has 18 heavy (non-hydrogen) atoms. The molecule has 0 bridgehead atoms. The van der Waals surface area contributed by atoms with Crippen LogP contribution in [0.1, 0.15) is 57.1 Å². The number of rotatable bonds is 5. The summed E-state index contributed by atoms with van der Waals surface area (Å²) in [4.78, 5) is 0. The summed E-state index contributed by atoms with van der Waals surface area (Å²) in [5.74, 6) is 1.74. The lowest BCUT2D eigenvalue weighted by molar-refractivity contribution is 0.198. The molecule has 100 valence electrons. The third-order valence-electron chi connectivity index (χ3n) is 3.86. The maximum Gasteiger partial charge on any atom is 0.119 e. The van der Waals surface area contributed by atoms with E-state index in [2.05, 4.69) is 0 Å². The average Bonchev–Trinajstić information content (AvgIpc) is 2.40. The van der Waals surface area contributed by atoms with Crippen LogP contribution >= 0.6 is 0 Å². The molecule has 1 saturated carbocycles. The number of ether oxygens (including phenoxy) is 1. The fourth-order valence-electron chi connectivity index (χ4n) is 2.68. The van der Waals surface area contributed by atoms with Gasteiger partial charge in [-0.05, 0) is 37.0 Å². The Kier molecular flexibility index (Phi) is 5.06. The minimum absolute atomic E-state index is 0.424. The second-order valence-electron chi connectivity index (χ2n) is 5.39. The smallest absolute Gasteiger partial charge is 0.119 e. The van der Waals surface area contributed by atoms with E-state index in [1.54, 1.807) is 6.92 Å². The number of hydrogen-bond donors (Lipinski definition) is 1. The summed E-state index contributed by atoms with van der Waals surface area (Å²) in [7, 11) is 0. The molecule has 0 heterocycles. The van der Waals surface area contributed by atoms with Crippen LogP contribution in [0, 0.1) is 5.92 Å². The number of hydrogen-bond acceptors (Lipinski definition) is 2. The van der Waals surface area contributed by atoms with Crippen molar-refractivity contribution in [2.75, 3.05) is 6.61 Å². The largest absolute Gasteiger partial charge is 0.494 e. The zero-order valence-electron chi connectivity index (χ0n) is 11.3. The van der Waals surface area contributed by atoms with Crippen LogP contribution in [0.3, 0.4) is 0 Å². The fraction of sp³-hybridized carbons (Fsp3) is 0.625. The predicted molar refractivity (Wildman–Crippen MR) is 73.8 cm³/mol. The molecule has 0 aliphatic heterocycles. The van der Waals surface area contributed by atoms with Gasteiger partial charge >= 0.3 is 0 Å². The van der Waals surface area contributed by atoms with Crippen LogP contribution in [0.2, 0.25) is 0 Å². The highest BCUT2D eigenvalue weighted by atomic mass is 16.5. The highest BCUT2D eigenvalue weighted by molar-refractivity contribution is 5.29. The van der Waals surface area contributed by atoms with E-state index in [0.29, 0.717) is 0 Å². The summed E-state index contributed by atoms with van der Waals surface area (Å²) in [6.45, 7) is 2.58.